The summed E-state index contributed by atoms with van der Waals surface area (Å²) in [6.45, 7) is 0.959. The van der Waals surface area contributed by atoms with E-state index in [-0.39, 0.29) is 12.5 Å². The zero-order valence-electron chi connectivity index (χ0n) is 12.1. The van der Waals surface area contributed by atoms with Gasteiger partial charge in [-0.15, -0.1) is 6.42 Å². The molecule has 3 rings (SSSR count). The van der Waals surface area contributed by atoms with Crippen molar-refractivity contribution in [2.24, 2.45) is 0 Å². The van der Waals surface area contributed by atoms with E-state index in [1.54, 1.807) is 0 Å². The lowest BCUT2D eigenvalue weighted by molar-refractivity contribution is 0.0960. The number of carbonyl (C=O) groups is 1. The third-order valence-electron chi connectivity index (χ3n) is 3.58. The molecular weight excluding hydrogens is 272 g/mol. The van der Waals surface area contributed by atoms with Gasteiger partial charge >= 0.3 is 0 Å². The normalized spacial score (nSPS) is 10.3. The number of benzene rings is 2. The predicted molar refractivity (Wildman–Crippen MR) is 88.6 cm³/mol. The number of amides is 1. The number of para-hydroxylation sites is 1. The number of carbonyl (C=O) groups excluding carboxylic acids is 1. The zero-order chi connectivity index (χ0) is 15.4. The minimum absolute atomic E-state index is 0.138. The van der Waals surface area contributed by atoms with Gasteiger partial charge in [0.25, 0.3) is 5.91 Å². The van der Waals surface area contributed by atoms with Gasteiger partial charge in [0.15, 0.2) is 0 Å². The first-order valence-corrected chi connectivity index (χ1v) is 7.13. The third kappa shape index (κ3) is 2.72. The van der Waals surface area contributed by atoms with Crippen LogP contribution in [0.4, 0.5) is 0 Å². The fourth-order valence-electron chi connectivity index (χ4n) is 2.57. The number of nitrogens with one attached hydrogen (secondary N) is 1. The molecule has 0 saturated heterocycles. The second-order valence-corrected chi connectivity index (χ2v) is 5.06. The SMILES string of the molecule is C#CCNC(=O)c1cn(Cc2ccccc2)c2ccccc12. The van der Waals surface area contributed by atoms with E-state index >= 15 is 0 Å². The molecule has 0 bridgehead atoms. The average Bonchev–Trinajstić information content (AvgIpc) is 2.93. The molecule has 0 radical (unpaired) electrons. The number of nitrogens with zero attached hydrogens (tertiary/aromatic N) is 1. The molecule has 0 fully saturated rings. The summed E-state index contributed by atoms with van der Waals surface area (Å²) in [4.78, 5) is 12.3. The summed E-state index contributed by atoms with van der Waals surface area (Å²) in [5.41, 5.74) is 2.89. The second kappa shape index (κ2) is 6.19. The molecule has 0 aliphatic rings. The molecule has 1 heterocycles. The van der Waals surface area contributed by atoms with Gasteiger partial charge in [0.05, 0.1) is 12.1 Å². The van der Waals surface area contributed by atoms with Crippen molar-refractivity contribution < 1.29 is 4.79 Å². The summed E-state index contributed by atoms with van der Waals surface area (Å²) >= 11 is 0. The van der Waals surface area contributed by atoms with Crippen LogP contribution in [-0.4, -0.2) is 17.0 Å². The van der Waals surface area contributed by atoms with Crippen LogP contribution >= 0.6 is 0 Å². The van der Waals surface area contributed by atoms with Crippen molar-refractivity contribution >= 4 is 16.8 Å². The fraction of sp³-hybridized carbons (Fsp3) is 0.105. The smallest absolute Gasteiger partial charge is 0.254 e. The molecule has 108 valence electrons. The van der Waals surface area contributed by atoms with Gasteiger partial charge in [0.2, 0.25) is 0 Å². The highest BCUT2D eigenvalue weighted by atomic mass is 16.1. The first kappa shape index (κ1) is 14.0. The van der Waals surface area contributed by atoms with Crippen LogP contribution < -0.4 is 5.32 Å². The van der Waals surface area contributed by atoms with Gasteiger partial charge in [-0.2, -0.15) is 0 Å². The lowest BCUT2D eigenvalue weighted by Crippen LogP contribution is -2.23. The quantitative estimate of drug-likeness (QED) is 0.736. The Hall–Kier alpha value is -2.99. The summed E-state index contributed by atoms with van der Waals surface area (Å²) in [5.74, 6) is 2.29. The number of hydrogen-bond donors (Lipinski definition) is 1. The highest BCUT2D eigenvalue weighted by molar-refractivity contribution is 6.07. The van der Waals surface area contributed by atoms with Crippen LogP contribution in [0.3, 0.4) is 0 Å². The molecular formula is C19H16N2O. The van der Waals surface area contributed by atoms with Crippen LogP contribution in [0.5, 0.6) is 0 Å². The molecule has 2 aromatic carbocycles. The number of fused-ring (bicyclic) bond motifs is 1. The van der Waals surface area contributed by atoms with Gasteiger partial charge in [0, 0.05) is 23.6 Å². The van der Waals surface area contributed by atoms with Crippen LogP contribution in [0.2, 0.25) is 0 Å². The van der Waals surface area contributed by atoms with Crippen molar-refractivity contribution in [3.63, 3.8) is 0 Å². The molecule has 3 nitrogen and oxygen atoms in total. The Bertz CT molecular complexity index is 841. The molecule has 1 aromatic heterocycles. The van der Waals surface area contributed by atoms with E-state index in [4.69, 9.17) is 6.42 Å². The van der Waals surface area contributed by atoms with E-state index in [1.165, 1.54) is 5.56 Å². The standard InChI is InChI=1S/C19H16N2O/c1-2-12-20-19(22)17-14-21(13-15-8-4-3-5-9-15)18-11-7-6-10-16(17)18/h1,3-11,14H,12-13H2,(H,20,22). The molecule has 3 aromatic rings. The number of hydrogen-bond acceptors (Lipinski definition) is 1. The monoisotopic (exact) mass is 288 g/mol. The number of terminal acetylenes is 1. The van der Waals surface area contributed by atoms with Crippen LogP contribution in [0.1, 0.15) is 15.9 Å². The van der Waals surface area contributed by atoms with E-state index in [0.29, 0.717) is 5.56 Å². The molecule has 0 saturated carbocycles. The topological polar surface area (TPSA) is 34.0 Å². The molecule has 0 aliphatic carbocycles. The lowest BCUT2D eigenvalue weighted by atomic mass is 10.1. The summed E-state index contributed by atoms with van der Waals surface area (Å²) in [6.07, 6.45) is 7.10. The van der Waals surface area contributed by atoms with Crippen LogP contribution in [0.25, 0.3) is 10.9 Å². The summed E-state index contributed by atoms with van der Waals surface area (Å²) in [7, 11) is 0. The Labute approximate surface area is 129 Å². The second-order valence-electron chi connectivity index (χ2n) is 5.06. The molecule has 0 aliphatic heterocycles. The van der Waals surface area contributed by atoms with Gasteiger partial charge in [-0.05, 0) is 11.6 Å². The van der Waals surface area contributed by atoms with Gasteiger partial charge in [-0.3, -0.25) is 4.79 Å². The first-order chi connectivity index (χ1) is 10.8. The minimum atomic E-state index is -0.138. The van der Waals surface area contributed by atoms with Gasteiger partial charge in [-0.25, -0.2) is 0 Å². The Morgan fingerprint density at radius 3 is 2.59 bits per heavy atom. The van der Waals surface area contributed by atoms with Gasteiger partial charge in [-0.1, -0.05) is 54.5 Å². The Kier molecular flexibility index (Phi) is 3.93. The highest BCUT2D eigenvalue weighted by Crippen LogP contribution is 2.22. The maximum atomic E-state index is 12.3. The van der Waals surface area contributed by atoms with Gasteiger partial charge in [0.1, 0.15) is 0 Å². The number of rotatable bonds is 4. The van der Waals surface area contributed by atoms with Crippen molar-refractivity contribution in [2.75, 3.05) is 6.54 Å². The molecule has 0 spiro atoms. The molecule has 0 unspecified atom stereocenters. The van der Waals surface area contributed by atoms with Crippen molar-refractivity contribution in [1.29, 1.82) is 0 Å². The Morgan fingerprint density at radius 1 is 1.09 bits per heavy atom. The maximum absolute atomic E-state index is 12.3. The Morgan fingerprint density at radius 2 is 1.82 bits per heavy atom. The van der Waals surface area contributed by atoms with E-state index in [0.717, 1.165) is 17.4 Å². The van der Waals surface area contributed by atoms with Crippen molar-refractivity contribution in [3.8, 4) is 12.3 Å². The molecule has 1 N–H and O–H groups in total. The van der Waals surface area contributed by atoms with E-state index in [2.05, 4.69) is 27.9 Å². The van der Waals surface area contributed by atoms with Crippen LogP contribution in [-0.2, 0) is 6.54 Å². The van der Waals surface area contributed by atoms with Gasteiger partial charge < -0.3 is 9.88 Å². The summed E-state index contributed by atoms with van der Waals surface area (Å²) < 4.78 is 2.09. The third-order valence-corrected chi connectivity index (χ3v) is 3.58. The van der Waals surface area contributed by atoms with Crippen LogP contribution in [0, 0.1) is 12.3 Å². The summed E-state index contributed by atoms with van der Waals surface area (Å²) in [6, 6.07) is 18.1. The number of aromatic nitrogens is 1. The largest absolute Gasteiger partial charge is 0.342 e. The van der Waals surface area contributed by atoms with Crippen LogP contribution in [0.15, 0.2) is 60.8 Å². The van der Waals surface area contributed by atoms with Crippen molar-refractivity contribution in [3.05, 3.63) is 71.9 Å². The predicted octanol–water partition coefficient (Wildman–Crippen LogP) is 3.05. The average molecular weight is 288 g/mol. The highest BCUT2D eigenvalue weighted by Gasteiger charge is 2.14. The minimum Gasteiger partial charge on any atom is -0.342 e. The lowest BCUT2D eigenvalue weighted by Gasteiger charge is -2.05. The van der Waals surface area contributed by atoms with Crippen molar-refractivity contribution in [1.82, 2.24) is 9.88 Å². The first-order valence-electron chi connectivity index (χ1n) is 7.13. The van der Waals surface area contributed by atoms with E-state index in [9.17, 15) is 4.79 Å². The fourth-order valence-corrected chi connectivity index (χ4v) is 2.57. The van der Waals surface area contributed by atoms with E-state index < -0.39 is 0 Å². The van der Waals surface area contributed by atoms with Crippen molar-refractivity contribution in [2.45, 2.75) is 6.54 Å². The Balaban J connectivity index is 2.01. The molecule has 0 atom stereocenters. The summed E-state index contributed by atoms with van der Waals surface area (Å²) in [5, 5.41) is 3.67. The van der Waals surface area contributed by atoms with E-state index in [1.807, 2.05) is 48.7 Å². The molecule has 3 heteroatoms. The molecule has 22 heavy (non-hydrogen) atoms. The molecule has 1 amide bonds. The maximum Gasteiger partial charge on any atom is 0.254 e. The zero-order valence-corrected chi connectivity index (χ0v) is 12.1.